The van der Waals surface area contributed by atoms with Gasteiger partial charge in [0.15, 0.2) is 0 Å². The Labute approximate surface area is 201 Å². The number of thiophene rings is 1. The van der Waals surface area contributed by atoms with Crippen LogP contribution in [0, 0.1) is 0 Å². The number of aryl methyl sites for hydroxylation is 2. The number of fused-ring (bicyclic) bond motifs is 2. The number of amides is 1. The molecule has 1 aliphatic rings. The van der Waals surface area contributed by atoms with Gasteiger partial charge in [-0.3, -0.25) is 9.48 Å². The van der Waals surface area contributed by atoms with Crippen molar-refractivity contribution < 1.29 is 14.3 Å². The maximum atomic E-state index is 13.6. The molecule has 34 heavy (non-hydrogen) atoms. The van der Waals surface area contributed by atoms with E-state index in [2.05, 4.69) is 10.4 Å². The molecule has 1 aliphatic carbocycles. The number of para-hydroxylation sites is 1. The molecule has 0 atom stereocenters. The average Bonchev–Trinajstić information content (AvgIpc) is 3.41. The highest BCUT2D eigenvalue weighted by molar-refractivity contribution is 7.17. The maximum absolute atomic E-state index is 13.6. The zero-order chi connectivity index (χ0) is 23.8. The van der Waals surface area contributed by atoms with E-state index < -0.39 is 0 Å². The third kappa shape index (κ3) is 4.21. The third-order valence-electron chi connectivity index (χ3n) is 5.91. The minimum Gasteiger partial charge on any atom is -0.459 e. The summed E-state index contributed by atoms with van der Waals surface area (Å²) in [4.78, 5) is 32.5. The van der Waals surface area contributed by atoms with Gasteiger partial charge in [-0.25, -0.2) is 9.78 Å². The van der Waals surface area contributed by atoms with Gasteiger partial charge in [0.25, 0.3) is 5.91 Å². The van der Waals surface area contributed by atoms with E-state index >= 15 is 0 Å². The van der Waals surface area contributed by atoms with Crippen molar-refractivity contribution in [2.75, 3.05) is 5.32 Å². The summed E-state index contributed by atoms with van der Waals surface area (Å²) in [5.41, 5.74) is 4.25. The standard InChI is InChI=1S/C26H26N4O3S/c1-15(2)33-26(32)23-18-9-5-7-11-22(18)34-25(23)29-24(31)19-12-21(16-13-27-30(3)14-16)28-20-10-6-4-8-17(19)20/h4,6,8,10,12-15H,5,7,9,11H2,1-3H3,(H,29,31). The fourth-order valence-electron chi connectivity index (χ4n) is 4.38. The second-order valence-corrected chi connectivity index (χ2v) is 9.90. The lowest BCUT2D eigenvalue weighted by atomic mass is 9.95. The molecule has 1 N–H and O–H groups in total. The van der Waals surface area contributed by atoms with Gasteiger partial charge in [-0.1, -0.05) is 18.2 Å². The van der Waals surface area contributed by atoms with Crippen molar-refractivity contribution in [1.29, 1.82) is 0 Å². The van der Waals surface area contributed by atoms with Gasteiger partial charge in [-0.05, 0) is 57.2 Å². The second-order valence-electron chi connectivity index (χ2n) is 8.80. The van der Waals surface area contributed by atoms with E-state index in [9.17, 15) is 9.59 Å². The largest absolute Gasteiger partial charge is 0.459 e. The molecule has 0 fully saturated rings. The normalized spacial score (nSPS) is 13.2. The molecule has 174 valence electrons. The Balaban J connectivity index is 1.57. The van der Waals surface area contributed by atoms with Crippen LogP contribution >= 0.6 is 11.3 Å². The van der Waals surface area contributed by atoms with Gasteiger partial charge in [-0.2, -0.15) is 5.10 Å². The van der Waals surface area contributed by atoms with E-state index in [1.807, 2.05) is 51.4 Å². The van der Waals surface area contributed by atoms with E-state index in [-0.39, 0.29) is 18.0 Å². The van der Waals surface area contributed by atoms with Crippen LogP contribution in [0.25, 0.3) is 22.2 Å². The maximum Gasteiger partial charge on any atom is 0.341 e. The number of hydrogen-bond acceptors (Lipinski definition) is 6. The monoisotopic (exact) mass is 474 g/mol. The van der Waals surface area contributed by atoms with Crippen molar-refractivity contribution in [3.05, 3.63) is 64.3 Å². The van der Waals surface area contributed by atoms with E-state index in [0.29, 0.717) is 21.8 Å². The summed E-state index contributed by atoms with van der Waals surface area (Å²) < 4.78 is 7.24. The van der Waals surface area contributed by atoms with E-state index in [4.69, 9.17) is 9.72 Å². The number of carbonyl (C=O) groups is 2. The highest BCUT2D eigenvalue weighted by atomic mass is 32.1. The molecule has 4 aromatic rings. The van der Waals surface area contributed by atoms with Crippen molar-refractivity contribution in [3.8, 4) is 11.3 Å². The van der Waals surface area contributed by atoms with Crippen molar-refractivity contribution >= 4 is 39.1 Å². The van der Waals surface area contributed by atoms with Crippen molar-refractivity contribution in [2.45, 2.75) is 45.6 Å². The molecule has 1 amide bonds. The molecule has 0 bridgehead atoms. The van der Waals surface area contributed by atoms with Crippen LogP contribution in [0.1, 0.15) is 57.8 Å². The minimum absolute atomic E-state index is 0.235. The molecule has 0 saturated heterocycles. The van der Waals surface area contributed by atoms with E-state index in [0.717, 1.165) is 52.6 Å². The quantitative estimate of drug-likeness (QED) is 0.392. The first-order chi connectivity index (χ1) is 16.4. The molecule has 7 nitrogen and oxygen atoms in total. The molecule has 3 aromatic heterocycles. The SMILES string of the molecule is CC(C)OC(=O)c1c(NC(=O)c2cc(-c3cnn(C)c3)nc3ccccc23)sc2c1CCCC2. The number of aromatic nitrogens is 3. The number of anilines is 1. The lowest BCUT2D eigenvalue weighted by Crippen LogP contribution is -2.18. The summed E-state index contributed by atoms with van der Waals surface area (Å²) in [6.07, 6.45) is 7.22. The van der Waals surface area contributed by atoms with Crippen LogP contribution in [0.3, 0.4) is 0 Å². The predicted octanol–water partition coefficient (Wildman–Crippen LogP) is 5.39. The van der Waals surface area contributed by atoms with Gasteiger partial charge < -0.3 is 10.1 Å². The topological polar surface area (TPSA) is 86.1 Å². The molecule has 0 spiro atoms. The highest BCUT2D eigenvalue weighted by Crippen LogP contribution is 2.39. The van der Waals surface area contributed by atoms with Gasteiger partial charge in [0, 0.05) is 29.1 Å². The molecular weight excluding hydrogens is 448 g/mol. The Morgan fingerprint density at radius 1 is 1.18 bits per heavy atom. The Kier molecular flexibility index (Phi) is 5.91. The van der Waals surface area contributed by atoms with Crippen molar-refractivity contribution in [1.82, 2.24) is 14.8 Å². The summed E-state index contributed by atoms with van der Waals surface area (Å²) in [6.45, 7) is 3.66. The first-order valence-corrected chi connectivity index (χ1v) is 12.3. The number of nitrogens with zero attached hydrogens (tertiary/aromatic N) is 3. The van der Waals surface area contributed by atoms with Crippen LogP contribution in [0.5, 0.6) is 0 Å². The molecule has 0 unspecified atom stereocenters. The van der Waals surface area contributed by atoms with Crippen LogP contribution in [-0.4, -0.2) is 32.7 Å². The smallest absolute Gasteiger partial charge is 0.341 e. The number of rotatable bonds is 5. The highest BCUT2D eigenvalue weighted by Gasteiger charge is 2.28. The Hall–Kier alpha value is -3.52. The molecule has 5 rings (SSSR count). The number of benzene rings is 1. The van der Waals surface area contributed by atoms with Gasteiger partial charge in [0.1, 0.15) is 5.00 Å². The van der Waals surface area contributed by atoms with Crippen LogP contribution in [0.15, 0.2) is 42.7 Å². The van der Waals surface area contributed by atoms with Crippen LogP contribution in [-0.2, 0) is 24.6 Å². The van der Waals surface area contributed by atoms with Crippen LogP contribution < -0.4 is 5.32 Å². The number of hydrogen-bond donors (Lipinski definition) is 1. The fraction of sp³-hybridized carbons (Fsp3) is 0.308. The van der Waals surface area contributed by atoms with E-state index in [1.165, 1.54) is 11.3 Å². The minimum atomic E-state index is -0.375. The molecule has 1 aromatic carbocycles. The fourth-order valence-corrected chi connectivity index (χ4v) is 5.65. The van der Waals surface area contributed by atoms with Crippen LogP contribution in [0.4, 0.5) is 5.00 Å². The van der Waals surface area contributed by atoms with Gasteiger partial charge in [0.2, 0.25) is 0 Å². The van der Waals surface area contributed by atoms with Gasteiger partial charge in [-0.15, -0.1) is 11.3 Å². The zero-order valence-electron chi connectivity index (χ0n) is 19.4. The molecule has 0 aliphatic heterocycles. The average molecular weight is 475 g/mol. The lowest BCUT2D eigenvalue weighted by Gasteiger charge is -2.14. The predicted molar refractivity (Wildman–Crippen MR) is 133 cm³/mol. The number of pyridine rings is 1. The van der Waals surface area contributed by atoms with E-state index in [1.54, 1.807) is 16.9 Å². The molecule has 3 heterocycles. The molecule has 0 saturated carbocycles. The number of esters is 1. The summed E-state index contributed by atoms with van der Waals surface area (Å²) in [6, 6.07) is 9.35. The first-order valence-electron chi connectivity index (χ1n) is 11.5. The van der Waals surface area contributed by atoms with Crippen molar-refractivity contribution in [2.24, 2.45) is 7.05 Å². The summed E-state index contributed by atoms with van der Waals surface area (Å²) >= 11 is 1.49. The summed E-state index contributed by atoms with van der Waals surface area (Å²) in [5.74, 6) is -0.652. The zero-order valence-corrected chi connectivity index (χ0v) is 20.2. The Bertz CT molecular complexity index is 1400. The summed E-state index contributed by atoms with van der Waals surface area (Å²) in [5, 5.41) is 8.59. The third-order valence-corrected chi connectivity index (χ3v) is 7.11. The van der Waals surface area contributed by atoms with Crippen LogP contribution in [0.2, 0.25) is 0 Å². The molecule has 0 radical (unpaired) electrons. The Morgan fingerprint density at radius 3 is 2.74 bits per heavy atom. The molecule has 8 heteroatoms. The lowest BCUT2D eigenvalue weighted by molar-refractivity contribution is 0.0378. The van der Waals surface area contributed by atoms with Gasteiger partial charge >= 0.3 is 5.97 Å². The Morgan fingerprint density at radius 2 is 1.97 bits per heavy atom. The van der Waals surface area contributed by atoms with Crippen molar-refractivity contribution in [3.63, 3.8) is 0 Å². The second kappa shape index (κ2) is 9.02. The summed E-state index contributed by atoms with van der Waals surface area (Å²) in [7, 11) is 1.84. The number of carbonyl (C=O) groups excluding carboxylic acids is 2. The first kappa shape index (κ1) is 22.3. The van der Waals surface area contributed by atoms with Gasteiger partial charge in [0.05, 0.1) is 34.6 Å². The number of ether oxygens (including phenoxy) is 1. The molecular formula is C26H26N4O3S. The number of nitrogens with one attached hydrogen (secondary N) is 1.